The van der Waals surface area contributed by atoms with Crippen molar-refractivity contribution in [2.24, 2.45) is 0 Å². The van der Waals surface area contributed by atoms with Crippen LogP contribution in [0.1, 0.15) is 20.8 Å². The van der Waals surface area contributed by atoms with E-state index in [0.717, 1.165) is 0 Å². The van der Waals surface area contributed by atoms with Gasteiger partial charge in [-0.25, -0.2) is 0 Å². The van der Waals surface area contributed by atoms with Gasteiger partial charge in [-0.05, 0) is 20.8 Å². The normalized spacial score (nSPS) is 13.2. The van der Waals surface area contributed by atoms with Crippen LogP contribution in [0.2, 0.25) is 0 Å². The summed E-state index contributed by atoms with van der Waals surface area (Å²) in [6, 6.07) is 0.295. The molecule has 3 nitrogen and oxygen atoms in total. The minimum absolute atomic E-state index is 0.141. The van der Waals surface area contributed by atoms with Crippen molar-refractivity contribution in [2.45, 2.75) is 33.1 Å². The van der Waals surface area contributed by atoms with Crippen LogP contribution >= 0.6 is 0 Å². The van der Waals surface area contributed by atoms with E-state index in [1.807, 2.05) is 26.8 Å². The van der Waals surface area contributed by atoms with Gasteiger partial charge in [-0.1, -0.05) is 6.08 Å². The molecule has 0 aliphatic rings. The predicted octanol–water partition coefficient (Wildman–Crippen LogP) is 1.55. The van der Waals surface area contributed by atoms with Gasteiger partial charge in [0.15, 0.2) is 6.29 Å². The van der Waals surface area contributed by atoms with Gasteiger partial charge in [0, 0.05) is 25.8 Å². The Kier molecular flexibility index (Phi) is 7.99. The molecule has 0 radical (unpaired) electrons. The molecule has 0 rings (SSSR count). The molecule has 0 bridgehead atoms. The van der Waals surface area contributed by atoms with Crippen LogP contribution in [-0.4, -0.2) is 32.1 Å². The Balaban J connectivity index is 3.60. The Labute approximate surface area is 81.1 Å². The molecule has 0 aromatic rings. The second-order valence-electron chi connectivity index (χ2n) is 2.77. The topological polar surface area (TPSA) is 30.5 Å². The molecule has 78 valence electrons. The number of hydrogen-bond acceptors (Lipinski definition) is 3. The number of nitrogens with one attached hydrogen (secondary N) is 1. The third-order valence-electron chi connectivity index (χ3n) is 1.67. The minimum atomic E-state index is -0.141. The summed E-state index contributed by atoms with van der Waals surface area (Å²) in [6.07, 6.45) is 1.71. The summed E-state index contributed by atoms with van der Waals surface area (Å²) in [7, 11) is 0. The molecular weight excluding hydrogens is 166 g/mol. The van der Waals surface area contributed by atoms with Crippen LogP contribution in [0.15, 0.2) is 12.7 Å². The Hall–Kier alpha value is -0.380. The second-order valence-corrected chi connectivity index (χ2v) is 2.77. The van der Waals surface area contributed by atoms with Crippen molar-refractivity contribution in [3.8, 4) is 0 Å². The van der Waals surface area contributed by atoms with E-state index in [-0.39, 0.29) is 6.29 Å². The van der Waals surface area contributed by atoms with E-state index >= 15 is 0 Å². The molecule has 0 saturated carbocycles. The highest BCUT2D eigenvalue weighted by atomic mass is 16.7. The Morgan fingerprint density at radius 1 is 1.31 bits per heavy atom. The number of rotatable bonds is 8. The van der Waals surface area contributed by atoms with Gasteiger partial charge in [0.2, 0.25) is 0 Å². The third kappa shape index (κ3) is 6.75. The predicted molar refractivity (Wildman–Crippen MR) is 54.7 cm³/mol. The largest absolute Gasteiger partial charge is 0.352 e. The van der Waals surface area contributed by atoms with Crippen LogP contribution in [-0.2, 0) is 9.47 Å². The van der Waals surface area contributed by atoms with Crippen molar-refractivity contribution in [3.63, 3.8) is 0 Å². The van der Waals surface area contributed by atoms with Crippen LogP contribution in [0.25, 0.3) is 0 Å². The summed E-state index contributed by atoms with van der Waals surface area (Å²) in [4.78, 5) is 0. The first-order valence-electron chi connectivity index (χ1n) is 4.83. The van der Waals surface area contributed by atoms with Gasteiger partial charge in [-0.15, -0.1) is 6.58 Å². The van der Waals surface area contributed by atoms with Gasteiger partial charge in [-0.2, -0.15) is 0 Å². The molecular formula is C10H21NO2. The molecule has 0 amide bonds. The van der Waals surface area contributed by atoms with Gasteiger partial charge in [0.25, 0.3) is 0 Å². The van der Waals surface area contributed by atoms with E-state index in [0.29, 0.717) is 25.8 Å². The Morgan fingerprint density at radius 3 is 2.23 bits per heavy atom. The van der Waals surface area contributed by atoms with Crippen molar-refractivity contribution in [2.75, 3.05) is 19.8 Å². The fourth-order valence-electron chi connectivity index (χ4n) is 0.903. The molecule has 13 heavy (non-hydrogen) atoms. The minimum Gasteiger partial charge on any atom is -0.352 e. The van der Waals surface area contributed by atoms with Crippen molar-refractivity contribution >= 4 is 0 Å². The summed E-state index contributed by atoms with van der Waals surface area (Å²) in [5.41, 5.74) is 0. The quantitative estimate of drug-likeness (QED) is 0.462. The summed E-state index contributed by atoms with van der Waals surface area (Å²) in [6.45, 7) is 11.7. The fraction of sp³-hybridized carbons (Fsp3) is 0.800. The lowest BCUT2D eigenvalue weighted by Gasteiger charge is -2.19. The molecule has 0 aliphatic heterocycles. The molecule has 0 spiro atoms. The average molecular weight is 187 g/mol. The van der Waals surface area contributed by atoms with Gasteiger partial charge < -0.3 is 14.8 Å². The molecule has 0 saturated heterocycles. The lowest BCUT2D eigenvalue weighted by molar-refractivity contribution is -0.133. The van der Waals surface area contributed by atoms with Gasteiger partial charge >= 0.3 is 0 Å². The molecule has 0 fully saturated rings. The summed E-state index contributed by atoms with van der Waals surface area (Å²) >= 11 is 0. The van der Waals surface area contributed by atoms with Crippen LogP contribution in [0.3, 0.4) is 0 Å². The first-order valence-corrected chi connectivity index (χ1v) is 4.83. The number of ether oxygens (including phenoxy) is 2. The molecule has 3 heteroatoms. The highest BCUT2D eigenvalue weighted by Crippen LogP contribution is 1.94. The van der Waals surface area contributed by atoms with Crippen molar-refractivity contribution in [3.05, 3.63) is 12.7 Å². The number of hydrogen-bond donors (Lipinski definition) is 1. The van der Waals surface area contributed by atoms with Crippen molar-refractivity contribution < 1.29 is 9.47 Å². The molecule has 1 unspecified atom stereocenters. The van der Waals surface area contributed by atoms with E-state index in [2.05, 4.69) is 11.9 Å². The van der Waals surface area contributed by atoms with Gasteiger partial charge in [-0.3, -0.25) is 0 Å². The Bertz CT molecular complexity index is 122. The maximum absolute atomic E-state index is 5.36. The summed E-state index contributed by atoms with van der Waals surface area (Å²) < 4.78 is 10.7. The summed E-state index contributed by atoms with van der Waals surface area (Å²) in [5, 5.41) is 3.23. The van der Waals surface area contributed by atoms with Crippen LogP contribution in [0, 0.1) is 0 Å². The van der Waals surface area contributed by atoms with Crippen molar-refractivity contribution in [1.29, 1.82) is 0 Å². The highest BCUT2D eigenvalue weighted by Gasteiger charge is 2.07. The van der Waals surface area contributed by atoms with E-state index in [4.69, 9.17) is 9.47 Å². The molecule has 0 heterocycles. The molecule has 0 aliphatic carbocycles. The lowest BCUT2D eigenvalue weighted by Crippen LogP contribution is -2.35. The van der Waals surface area contributed by atoms with E-state index in [1.165, 1.54) is 0 Å². The van der Waals surface area contributed by atoms with E-state index < -0.39 is 0 Å². The first kappa shape index (κ1) is 12.6. The maximum Gasteiger partial charge on any atom is 0.169 e. The van der Waals surface area contributed by atoms with Crippen LogP contribution in [0.5, 0.6) is 0 Å². The molecule has 1 atom stereocenters. The smallest absolute Gasteiger partial charge is 0.169 e. The first-order chi connectivity index (χ1) is 6.24. The van der Waals surface area contributed by atoms with Crippen molar-refractivity contribution in [1.82, 2.24) is 5.32 Å². The van der Waals surface area contributed by atoms with E-state index in [9.17, 15) is 0 Å². The fourth-order valence-corrected chi connectivity index (χ4v) is 0.903. The summed E-state index contributed by atoms with van der Waals surface area (Å²) in [5.74, 6) is 0. The Morgan fingerprint density at radius 2 is 1.85 bits per heavy atom. The zero-order chi connectivity index (χ0) is 10.1. The zero-order valence-electron chi connectivity index (χ0n) is 8.88. The third-order valence-corrected chi connectivity index (χ3v) is 1.67. The van der Waals surface area contributed by atoms with E-state index in [1.54, 1.807) is 0 Å². The maximum atomic E-state index is 5.36. The zero-order valence-corrected chi connectivity index (χ0v) is 8.88. The molecule has 0 aromatic carbocycles. The van der Waals surface area contributed by atoms with Crippen LogP contribution < -0.4 is 5.32 Å². The van der Waals surface area contributed by atoms with Crippen LogP contribution in [0.4, 0.5) is 0 Å². The highest BCUT2D eigenvalue weighted by molar-refractivity contribution is 4.81. The second kappa shape index (κ2) is 8.23. The standard InChI is InChI=1S/C10H21NO2/c1-5-9(4)11-8-10(12-6-2)13-7-3/h5,9-11H,1,6-8H2,2-4H3. The molecule has 0 aromatic heterocycles. The van der Waals surface area contributed by atoms with Gasteiger partial charge in [0.1, 0.15) is 0 Å². The monoisotopic (exact) mass is 187 g/mol. The SMILES string of the molecule is C=CC(C)NCC(OCC)OCC. The molecule has 1 N–H and O–H groups in total. The lowest BCUT2D eigenvalue weighted by atomic mass is 10.3. The average Bonchev–Trinajstić information content (AvgIpc) is 2.14. The van der Waals surface area contributed by atoms with Gasteiger partial charge in [0.05, 0.1) is 0 Å².